The molecule has 5 heteroatoms. The minimum atomic E-state index is -0.827. The van der Waals surface area contributed by atoms with Gasteiger partial charge in [-0.15, -0.1) is 0 Å². The lowest BCUT2D eigenvalue weighted by atomic mass is 10.2. The summed E-state index contributed by atoms with van der Waals surface area (Å²) in [5.41, 5.74) is 0.640. The zero-order chi connectivity index (χ0) is 12.8. The minimum absolute atomic E-state index is 0.0824. The first-order chi connectivity index (χ1) is 8.04. The number of halogens is 1. The Morgan fingerprint density at radius 2 is 2.18 bits per heavy atom. The summed E-state index contributed by atoms with van der Waals surface area (Å²) in [7, 11) is 0. The summed E-state index contributed by atoms with van der Waals surface area (Å²) in [6, 6.07) is 4.96. The topological polar surface area (TPSA) is 60.8 Å². The summed E-state index contributed by atoms with van der Waals surface area (Å²) in [6.45, 7) is 3.54. The average Bonchev–Trinajstić information content (AvgIpc) is 2.27. The van der Waals surface area contributed by atoms with E-state index in [9.17, 15) is 9.90 Å². The highest BCUT2D eigenvalue weighted by Crippen LogP contribution is 2.26. The van der Waals surface area contributed by atoms with Crippen molar-refractivity contribution in [2.24, 2.45) is 0 Å². The van der Waals surface area contributed by atoms with Crippen molar-refractivity contribution in [2.75, 3.05) is 13.1 Å². The molecule has 0 unspecified atom stereocenters. The molecule has 0 saturated carbocycles. The predicted octanol–water partition coefficient (Wildman–Crippen LogP) is 2.34. The van der Waals surface area contributed by atoms with Gasteiger partial charge in [-0.3, -0.25) is 9.69 Å². The Balaban J connectivity index is 2.70. The van der Waals surface area contributed by atoms with E-state index < -0.39 is 5.97 Å². The predicted molar refractivity (Wildman–Crippen MR) is 66.3 cm³/mol. The van der Waals surface area contributed by atoms with Gasteiger partial charge in [-0.1, -0.05) is 24.6 Å². The molecule has 0 bridgehead atoms. The third-order valence-electron chi connectivity index (χ3n) is 2.56. The van der Waals surface area contributed by atoms with Crippen LogP contribution in [0.1, 0.15) is 18.9 Å². The van der Waals surface area contributed by atoms with E-state index in [4.69, 9.17) is 16.7 Å². The van der Waals surface area contributed by atoms with Gasteiger partial charge in [0.05, 0.1) is 6.42 Å². The third kappa shape index (κ3) is 4.24. The van der Waals surface area contributed by atoms with Gasteiger partial charge in [0.25, 0.3) is 0 Å². The Hall–Kier alpha value is -1.26. The first-order valence-corrected chi connectivity index (χ1v) is 5.83. The maximum Gasteiger partial charge on any atom is 0.304 e. The van der Waals surface area contributed by atoms with Gasteiger partial charge in [-0.25, -0.2) is 0 Å². The molecule has 94 valence electrons. The Labute approximate surface area is 105 Å². The van der Waals surface area contributed by atoms with Gasteiger partial charge >= 0.3 is 5.97 Å². The molecule has 1 aromatic carbocycles. The van der Waals surface area contributed by atoms with Crippen LogP contribution in [0.15, 0.2) is 18.2 Å². The lowest BCUT2D eigenvalue weighted by Crippen LogP contribution is -2.25. The zero-order valence-corrected chi connectivity index (χ0v) is 10.4. The number of phenols is 1. The maximum absolute atomic E-state index is 10.5. The van der Waals surface area contributed by atoms with Crippen LogP contribution in [0.5, 0.6) is 5.75 Å². The first-order valence-electron chi connectivity index (χ1n) is 5.45. The highest BCUT2D eigenvalue weighted by atomic mass is 35.5. The number of nitrogens with zero attached hydrogens (tertiary/aromatic N) is 1. The van der Waals surface area contributed by atoms with Gasteiger partial charge in [0.15, 0.2) is 0 Å². The molecule has 0 spiro atoms. The van der Waals surface area contributed by atoms with Crippen molar-refractivity contribution >= 4 is 17.6 Å². The van der Waals surface area contributed by atoms with Crippen LogP contribution < -0.4 is 0 Å². The van der Waals surface area contributed by atoms with Crippen LogP contribution in [0, 0.1) is 0 Å². The summed E-state index contributed by atoms with van der Waals surface area (Å²) in [4.78, 5) is 12.4. The molecule has 0 heterocycles. The molecular formula is C12H16ClNO3. The molecule has 0 amide bonds. The second-order valence-electron chi connectivity index (χ2n) is 3.75. The zero-order valence-electron chi connectivity index (χ0n) is 9.69. The quantitative estimate of drug-likeness (QED) is 0.821. The number of carbonyl (C=O) groups is 1. The molecule has 0 aliphatic carbocycles. The Morgan fingerprint density at radius 3 is 2.71 bits per heavy atom. The van der Waals surface area contributed by atoms with E-state index in [0.29, 0.717) is 30.2 Å². The number of phenolic OH excluding ortho intramolecular Hbond substituents is 1. The van der Waals surface area contributed by atoms with Crippen molar-refractivity contribution in [3.63, 3.8) is 0 Å². The lowest BCUT2D eigenvalue weighted by Gasteiger charge is -2.20. The standard InChI is InChI=1S/C12H16ClNO3/c1-2-14(7-6-12(16)17)8-9-10(13)4-3-5-11(9)15/h3-5,15H,2,6-8H2,1H3,(H,16,17). The van der Waals surface area contributed by atoms with Crippen LogP contribution >= 0.6 is 11.6 Å². The number of aliphatic carboxylic acids is 1. The summed E-state index contributed by atoms with van der Waals surface area (Å²) < 4.78 is 0. The van der Waals surface area contributed by atoms with Crippen molar-refractivity contribution in [1.82, 2.24) is 4.90 Å². The van der Waals surface area contributed by atoms with Gasteiger partial charge in [0.2, 0.25) is 0 Å². The molecule has 17 heavy (non-hydrogen) atoms. The van der Waals surface area contributed by atoms with Crippen LogP contribution in [-0.2, 0) is 11.3 Å². The molecule has 4 nitrogen and oxygen atoms in total. The van der Waals surface area contributed by atoms with Gasteiger partial charge in [0.1, 0.15) is 5.75 Å². The van der Waals surface area contributed by atoms with E-state index in [2.05, 4.69) is 0 Å². The van der Waals surface area contributed by atoms with Gasteiger partial charge in [-0.2, -0.15) is 0 Å². The fraction of sp³-hybridized carbons (Fsp3) is 0.417. The molecule has 0 aromatic heterocycles. The van der Waals surface area contributed by atoms with Gasteiger partial charge < -0.3 is 10.2 Å². The normalized spacial score (nSPS) is 10.8. The van der Waals surface area contributed by atoms with Crippen LogP contribution in [-0.4, -0.2) is 34.2 Å². The van der Waals surface area contributed by atoms with E-state index >= 15 is 0 Å². The van der Waals surface area contributed by atoms with Gasteiger partial charge in [-0.05, 0) is 18.7 Å². The van der Waals surface area contributed by atoms with E-state index in [-0.39, 0.29) is 12.2 Å². The number of aromatic hydroxyl groups is 1. The summed E-state index contributed by atoms with van der Waals surface area (Å²) in [5.74, 6) is -0.682. The number of hydrogen-bond donors (Lipinski definition) is 2. The van der Waals surface area contributed by atoms with E-state index in [0.717, 1.165) is 0 Å². The monoisotopic (exact) mass is 257 g/mol. The summed E-state index contributed by atoms with van der Waals surface area (Å²) >= 11 is 5.99. The van der Waals surface area contributed by atoms with E-state index in [1.54, 1.807) is 18.2 Å². The molecule has 0 saturated heterocycles. The number of carboxylic acids is 1. The fourth-order valence-electron chi connectivity index (χ4n) is 1.53. The van der Waals surface area contributed by atoms with Crippen molar-refractivity contribution in [2.45, 2.75) is 19.9 Å². The summed E-state index contributed by atoms with van der Waals surface area (Å²) in [6.07, 6.45) is 0.0824. The molecule has 0 aliphatic heterocycles. The lowest BCUT2D eigenvalue weighted by molar-refractivity contribution is -0.137. The van der Waals surface area contributed by atoms with Gasteiger partial charge in [0, 0.05) is 23.7 Å². The molecule has 2 N–H and O–H groups in total. The second kappa shape index (κ2) is 6.47. The fourth-order valence-corrected chi connectivity index (χ4v) is 1.76. The minimum Gasteiger partial charge on any atom is -0.508 e. The SMILES string of the molecule is CCN(CCC(=O)O)Cc1c(O)cccc1Cl. The number of benzene rings is 1. The van der Waals surface area contributed by atoms with E-state index in [1.165, 1.54) is 0 Å². The Kier molecular flexibility index (Phi) is 5.25. The van der Waals surface area contributed by atoms with E-state index in [1.807, 2.05) is 11.8 Å². The highest BCUT2D eigenvalue weighted by Gasteiger charge is 2.11. The van der Waals surface area contributed by atoms with Crippen molar-refractivity contribution < 1.29 is 15.0 Å². The Bertz CT molecular complexity index is 375. The van der Waals surface area contributed by atoms with Crippen LogP contribution in [0.3, 0.4) is 0 Å². The van der Waals surface area contributed by atoms with Crippen LogP contribution in [0.2, 0.25) is 5.02 Å². The van der Waals surface area contributed by atoms with Crippen molar-refractivity contribution in [3.8, 4) is 5.75 Å². The molecule has 0 fully saturated rings. The average molecular weight is 258 g/mol. The Morgan fingerprint density at radius 1 is 1.47 bits per heavy atom. The highest BCUT2D eigenvalue weighted by molar-refractivity contribution is 6.31. The second-order valence-corrected chi connectivity index (χ2v) is 4.16. The number of rotatable bonds is 6. The first kappa shape index (κ1) is 13.8. The molecular weight excluding hydrogens is 242 g/mol. The summed E-state index contributed by atoms with van der Waals surface area (Å²) in [5, 5.41) is 18.8. The third-order valence-corrected chi connectivity index (χ3v) is 2.92. The molecule has 0 atom stereocenters. The van der Waals surface area contributed by atoms with Crippen LogP contribution in [0.25, 0.3) is 0 Å². The van der Waals surface area contributed by atoms with Crippen molar-refractivity contribution in [1.29, 1.82) is 0 Å². The molecule has 1 rings (SSSR count). The molecule has 0 aliphatic rings. The van der Waals surface area contributed by atoms with Crippen molar-refractivity contribution in [3.05, 3.63) is 28.8 Å². The molecule has 1 aromatic rings. The van der Waals surface area contributed by atoms with Crippen LogP contribution in [0.4, 0.5) is 0 Å². The molecule has 0 radical (unpaired) electrons. The number of hydrogen-bond acceptors (Lipinski definition) is 3. The smallest absolute Gasteiger partial charge is 0.304 e. The largest absolute Gasteiger partial charge is 0.508 e. The maximum atomic E-state index is 10.5. The number of carboxylic acid groups (broad SMARTS) is 1.